The van der Waals surface area contributed by atoms with E-state index in [9.17, 15) is 4.79 Å². The normalized spacial score (nSPS) is 20.0. The van der Waals surface area contributed by atoms with Gasteiger partial charge in [0.1, 0.15) is 5.60 Å². The molecule has 0 N–H and O–H groups in total. The van der Waals surface area contributed by atoms with E-state index in [-0.39, 0.29) is 11.5 Å². The zero-order chi connectivity index (χ0) is 17.5. The lowest BCUT2D eigenvalue weighted by Gasteiger charge is -2.33. The Bertz CT molecular complexity index is 640. The molecule has 132 valence electrons. The summed E-state index contributed by atoms with van der Waals surface area (Å²) < 4.78 is 5.55. The molecule has 1 aliphatic carbocycles. The lowest BCUT2D eigenvalue weighted by Crippen LogP contribution is -2.38. The summed E-state index contributed by atoms with van der Waals surface area (Å²) in [6.07, 6.45) is 5.42. The van der Waals surface area contributed by atoms with Crippen molar-refractivity contribution < 1.29 is 9.53 Å². The molecular formula is C21H31NO2. The van der Waals surface area contributed by atoms with Crippen LogP contribution in [0, 0.1) is 0 Å². The lowest BCUT2D eigenvalue weighted by molar-refractivity contribution is 0.0258. The number of rotatable bonds is 0. The number of aryl methyl sites for hydroxylation is 1. The van der Waals surface area contributed by atoms with Crippen LogP contribution in [0.2, 0.25) is 0 Å². The second-order valence-corrected chi connectivity index (χ2v) is 8.98. The summed E-state index contributed by atoms with van der Waals surface area (Å²) in [7, 11) is 0. The van der Waals surface area contributed by atoms with Gasteiger partial charge in [0.15, 0.2) is 0 Å². The van der Waals surface area contributed by atoms with E-state index in [1.54, 1.807) is 0 Å². The maximum Gasteiger partial charge on any atom is 0.410 e. The van der Waals surface area contributed by atoms with E-state index in [2.05, 4.69) is 26.0 Å². The molecule has 3 nitrogen and oxygen atoms in total. The molecule has 0 aromatic heterocycles. The van der Waals surface area contributed by atoms with Crippen molar-refractivity contribution in [3.8, 4) is 0 Å². The second-order valence-electron chi connectivity index (χ2n) is 8.98. The van der Waals surface area contributed by atoms with Gasteiger partial charge in [-0.1, -0.05) is 26.0 Å². The molecule has 1 heterocycles. The van der Waals surface area contributed by atoms with E-state index >= 15 is 0 Å². The lowest BCUT2D eigenvalue weighted by atomic mass is 9.71. The van der Waals surface area contributed by atoms with Crippen LogP contribution >= 0.6 is 0 Å². The first kappa shape index (κ1) is 17.3. The molecule has 0 radical (unpaired) electrons. The Morgan fingerprint density at radius 3 is 2.29 bits per heavy atom. The van der Waals surface area contributed by atoms with Gasteiger partial charge >= 0.3 is 6.09 Å². The number of fused-ring (bicyclic) bond motifs is 2. The number of amides is 1. The number of carbonyl (C=O) groups is 1. The van der Waals surface area contributed by atoms with Gasteiger partial charge in [-0.2, -0.15) is 0 Å². The molecule has 0 unspecified atom stereocenters. The number of hydrogen-bond donors (Lipinski definition) is 0. The van der Waals surface area contributed by atoms with Gasteiger partial charge < -0.3 is 9.64 Å². The fraction of sp³-hybridized carbons (Fsp3) is 0.667. The van der Waals surface area contributed by atoms with E-state index in [1.807, 2.05) is 25.7 Å². The van der Waals surface area contributed by atoms with E-state index < -0.39 is 5.60 Å². The molecule has 24 heavy (non-hydrogen) atoms. The molecule has 0 bridgehead atoms. The Kier molecular flexibility index (Phi) is 4.39. The fourth-order valence-corrected chi connectivity index (χ4v) is 4.03. The van der Waals surface area contributed by atoms with Crippen molar-refractivity contribution in [3.63, 3.8) is 0 Å². The van der Waals surface area contributed by atoms with Gasteiger partial charge in [-0.25, -0.2) is 4.79 Å². The Hall–Kier alpha value is -1.51. The first-order valence-corrected chi connectivity index (χ1v) is 9.29. The van der Waals surface area contributed by atoms with Crippen LogP contribution in [0.4, 0.5) is 4.79 Å². The van der Waals surface area contributed by atoms with Crippen molar-refractivity contribution in [1.82, 2.24) is 4.90 Å². The highest BCUT2D eigenvalue weighted by Gasteiger charge is 2.30. The molecule has 1 aromatic rings. The molecule has 0 saturated carbocycles. The third-order valence-corrected chi connectivity index (χ3v) is 5.36. The van der Waals surface area contributed by atoms with Crippen molar-refractivity contribution in [2.75, 3.05) is 13.1 Å². The monoisotopic (exact) mass is 329 g/mol. The highest BCUT2D eigenvalue weighted by molar-refractivity contribution is 5.68. The third kappa shape index (κ3) is 3.60. The van der Waals surface area contributed by atoms with E-state index in [0.29, 0.717) is 0 Å². The average Bonchev–Trinajstić information content (AvgIpc) is 2.66. The third-order valence-electron chi connectivity index (χ3n) is 5.36. The summed E-state index contributed by atoms with van der Waals surface area (Å²) in [6, 6.07) is 4.85. The van der Waals surface area contributed by atoms with Crippen LogP contribution in [0.25, 0.3) is 0 Å². The van der Waals surface area contributed by atoms with E-state index in [1.165, 1.54) is 41.5 Å². The van der Waals surface area contributed by atoms with Crippen LogP contribution < -0.4 is 0 Å². The van der Waals surface area contributed by atoms with Gasteiger partial charge in [-0.3, -0.25) is 0 Å². The first-order valence-electron chi connectivity index (χ1n) is 9.29. The van der Waals surface area contributed by atoms with Crippen molar-refractivity contribution in [2.45, 2.75) is 77.7 Å². The zero-order valence-corrected chi connectivity index (χ0v) is 15.9. The van der Waals surface area contributed by atoms with Gasteiger partial charge in [-0.05, 0) is 80.5 Å². The molecule has 1 amide bonds. The molecule has 3 rings (SSSR count). The van der Waals surface area contributed by atoms with Crippen LogP contribution in [0.3, 0.4) is 0 Å². The molecule has 1 aromatic carbocycles. The molecule has 3 heteroatoms. The SMILES string of the molecule is CC(C)(C)OC(=O)N1CCc2cc3c(cc2CC1)C(C)(C)CCC3. The topological polar surface area (TPSA) is 29.5 Å². The van der Waals surface area contributed by atoms with Gasteiger partial charge in [-0.15, -0.1) is 0 Å². The highest BCUT2D eigenvalue weighted by atomic mass is 16.6. The van der Waals surface area contributed by atoms with E-state index in [0.717, 1.165) is 25.9 Å². The highest BCUT2D eigenvalue weighted by Crippen LogP contribution is 2.38. The van der Waals surface area contributed by atoms with Crippen LogP contribution in [-0.2, 0) is 29.4 Å². The fourth-order valence-electron chi connectivity index (χ4n) is 4.03. The second kappa shape index (κ2) is 6.09. The first-order chi connectivity index (χ1) is 11.2. The number of nitrogens with zero attached hydrogens (tertiary/aromatic N) is 1. The van der Waals surface area contributed by atoms with Gasteiger partial charge in [0.2, 0.25) is 0 Å². The minimum absolute atomic E-state index is 0.180. The van der Waals surface area contributed by atoms with Crippen LogP contribution in [0.1, 0.15) is 69.7 Å². The minimum Gasteiger partial charge on any atom is -0.444 e. The van der Waals surface area contributed by atoms with Crippen molar-refractivity contribution in [2.24, 2.45) is 0 Å². The number of hydrogen-bond acceptors (Lipinski definition) is 2. The summed E-state index contributed by atoms with van der Waals surface area (Å²) in [5.41, 5.74) is 5.75. The average molecular weight is 329 g/mol. The maximum atomic E-state index is 12.4. The number of benzene rings is 1. The Morgan fingerprint density at radius 2 is 1.67 bits per heavy atom. The molecule has 2 aliphatic rings. The Labute approximate surface area is 146 Å². The van der Waals surface area contributed by atoms with Gasteiger partial charge in [0, 0.05) is 13.1 Å². The maximum absolute atomic E-state index is 12.4. The zero-order valence-electron chi connectivity index (χ0n) is 15.9. The Morgan fingerprint density at radius 1 is 1.04 bits per heavy atom. The predicted molar refractivity (Wildman–Crippen MR) is 97.6 cm³/mol. The quantitative estimate of drug-likeness (QED) is 0.694. The van der Waals surface area contributed by atoms with E-state index in [4.69, 9.17) is 4.74 Å². The van der Waals surface area contributed by atoms with Crippen LogP contribution in [-0.4, -0.2) is 29.7 Å². The summed E-state index contributed by atoms with van der Waals surface area (Å²) >= 11 is 0. The van der Waals surface area contributed by atoms with Crippen molar-refractivity contribution in [3.05, 3.63) is 34.4 Å². The molecule has 0 spiro atoms. The number of carbonyl (C=O) groups excluding carboxylic acids is 1. The smallest absolute Gasteiger partial charge is 0.410 e. The Balaban J connectivity index is 1.80. The predicted octanol–water partition coefficient (Wildman–Crippen LogP) is 4.64. The summed E-state index contributed by atoms with van der Waals surface area (Å²) in [6.45, 7) is 12.0. The molecular weight excluding hydrogens is 298 g/mol. The number of ether oxygens (including phenoxy) is 1. The molecule has 1 aliphatic heterocycles. The van der Waals surface area contributed by atoms with Gasteiger partial charge in [0.25, 0.3) is 0 Å². The molecule has 0 saturated heterocycles. The largest absolute Gasteiger partial charge is 0.444 e. The van der Waals surface area contributed by atoms with Crippen molar-refractivity contribution in [1.29, 1.82) is 0 Å². The van der Waals surface area contributed by atoms with Gasteiger partial charge in [0.05, 0.1) is 0 Å². The summed E-state index contributed by atoms with van der Waals surface area (Å²) in [5.74, 6) is 0. The summed E-state index contributed by atoms with van der Waals surface area (Å²) in [4.78, 5) is 14.3. The molecule has 0 fully saturated rings. The summed E-state index contributed by atoms with van der Waals surface area (Å²) in [5, 5.41) is 0. The molecule has 0 atom stereocenters. The van der Waals surface area contributed by atoms with Crippen LogP contribution in [0.15, 0.2) is 12.1 Å². The van der Waals surface area contributed by atoms with Crippen LogP contribution in [0.5, 0.6) is 0 Å². The standard InChI is InChI=1S/C21H31NO2/c1-20(2,3)24-19(23)22-11-8-15-13-17-7-6-10-21(4,5)18(17)14-16(15)9-12-22/h13-14H,6-12H2,1-5H3. The van der Waals surface area contributed by atoms with Crippen molar-refractivity contribution >= 4 is 6.09 Å². The minimum atomic E-state index is -0.431.